The van der Waals surface area contributed by atoms with Gasteiger partial charge in [0, 0.05) is 9.73 Å². The molecule has 0 saturated heterocycles. The lowest BCUT2D eigenvalue weighted by Gasteiger charge is -1.95. The van der Waals surface area contributed by atoms with Crippen LogP contribution in [-0.2, 0) is 9.84 Å². The molecule has 0 amide bonds. The zero-order valence-electron chi connectivity index (χ0n) is 5.99. The Hall–Kier alpha value is -0.790. The van der Waals surface area contributed by atoms with Crippen molar-refractivity contribution in [3.8, 4) is 11.7 Å². The molecule has 0 atom stereocenters. The molecule has 0 radical (unpaired) electrons. The third kappa shape index (κ3) is 1.87. The predicted octanol–water partition coefficient (Wildman–Crippen LogP) is 1.81. The molecular weight excluding hydrogens is 240 g/mol. The molecule has 0 unspecified atom stereocenters. The van der Waals surface area contributed by atoms with Crippen LogP contribution in [0.3, 0.4) is 0 Å². The molecule has 0 aliphatic heterocycles. The number of terminal acetylenes is 1. The molecule has 0 heterocycles. The van der Waals surface area contributed by atoms with E-state index in [1.165, 1.54) is 12.1 Å². The van der Waals surface area contributed by atoms with Crippen molar-refractivity contribution < 1.29 is 8.42 Å². The van der Waals surface area contributed by atoms with Gasteiger partial charge in [-0.1, -0.05) is 15.9 Å². The SMILES string of the molecule is C#CS(=O)(=O)c1ccc(Br)cc1. The fourth-order valence-electron chi connectivity index (χ4n) is 0.682. The third-order valence-electron chi connectivity index (χ3n) is 1.28. The summed E-state index contributed by atoms with van der Waals surface area (Å²) in [5, 5.41) is 1.73. The van der Waals surface area contributed by atoms with Crippen LogP contribution in [0.15, 0.2) is 33.6 Å². The Kier molecular flexibility index (Phi) is 2.55. The van der Waals surface area contributed by atoms with Gasteiger partial charge in [-0.15, -0.1) is 6.42 Å². The van der Waals surface area contributed by atoms with Gasteiger partial charge in [0.05, 0.1) is 4.90 Å². The highest BCUT2D eigenvalue weighted by atomic mass is 79.9. The molecule has 4 heteroatoms. The van der Waals surface area contributed by atoms with Gasteiger partial charge in [-0.05, 0) is 24.3 Å². The van der Waals surface area contributed by atoms with Crippen LogP contribution in [-0.4, -0.2) is 8.42 Å². The number of halogens is 1. The summed E-state index contributed by atoms with van der Waals surface area (Å²) in [5.74, 6) is 0. The maximum Gasteiger partial charge on any atom is 0.244 e. The molecule has 1 rings (SSSR count). The molecule has 0 bridgehead atoms. The molecule has 0 N–H and O–H groups in total. The number of hydrogen-bond donors (Lipinski definition) is 0. The van der Waals surface area contributed by atoms with Crippen LogP contribution in [0, 0.1) is 11.7 Å². The molecular formula is C8H5BrO2S. The van der Waals surface area contributed by atoms with E-state index in [1.54, 1.807) is 17.4 Å². The van der Waals surface area contributed by atoms with Gasteiger partial charge in [-0.2, -0.15) is 0 Å². The highest BCUT2D eigenvalue weighted by Crippen LogP contribution is 2.14. The monoisotopic (exact) mass is 244 g/mol. The second kappa shape index (κ2) is 3.30. The van der Waals surface area contributed by atoms with Crippen LogP contribution in [0.2, 0.25) is 0 Å². The van der Waals surface area contributed by atoms with Crippen molar-refractivity contribution in [3.05, 3.63) is 28.7 Å². The lowest BCUT2D eigenvalue weighted by atomic mass is 10.4. The van der Waals surface area contributed by atoms with Crippen LogP contribution in [0.1, 0.15) is 0 Å². The number of rotatable bonds is 1. The van der Waals surface area contributed by atoms with E-state index in [-0.39, 0.29) is 4.90 Å². The second-order valence-electron chi connectivity index (χ2n) is 2.08. The Morgan fingerprint density at radius 3 is 2.17 bits per heavy atom. The van der Waals surface area contributed by atoms with Gasteiger partial charge < -0.3 is 0 Å². The number of hydrogen-bond acceptors (Lipinski definition) is 2. The normalized spacial score (nSPS) is 10.7. The average Bonchev–Trinajstić information content (AvgIpc) is 2.05. The quantitative estimate of drug-likeness (QED) is 0.558. The second-order valence-corrected chi connectivity index (χ2v) is 4.70. The van der Waals surface area contributed by atoms with Crippen molar-refractivity contribution in [2.75, 3.05) is 0 Å². The zero-order valence-corrected chi connectivity index (χ0v) is 8.39. The van der Waals surface area contributed by atoms with E-state index >= 15 is 0 Å². The first-order chi connectivity index (χ1) is 5.56. The van der Waals surface area contributed by atoms with Crippen LogP contribution >= 0.6 is 15.9 Å². The van der Waals surface area contributed by atoms with Gasteiger partial charge >= 0.3 is 0 Å². The predicted molar refractivity (Wildman–Crippen MR) is 50.2 cm³/mol. The summed E-state index contributed by atoms with van der Waals surface area (Å²) in [7, 11) is -3.51. The minimum atomic E-state index is -3.51. The first kappa shape index (κ1) is 9.30. The lowest BCUT2D eigenvalue weighted by molar-refractivity contribution is 0.606. The van der Waals surface area contributed by atoms with Crippen molar-refractivity contribution in [1.29, 1.82) is 0 Å². The Balaban J connectivity index is 3.26. The van der Waals surface area contributed by atoms with Gasteiger partial charge in [0.25, 0.3) is 0 Å². The molecule has 1 aromatic rings. The summed E-state index contributed by atoms with van der Waals surface area (Å²) >= 11 is 3.19. The minimum absolute atomic E-state index is 0.146. The van der Waals surface area contributed by atoms with Gasteiger partial charge in [0.2, 0.25) is 9.84 Å². The van der Waals surface area contributed by atoms with Crippen molar-refractivity contribution in [2.45, 2.75) is 4.90 Å². The van der Waals surface area contributed by atoms with Crippen LogP contribution in [0.5, 0.6) is 0 Å². The summed E-state index contributed by atoms with van der Waals surface area (Å²) in [6, 6.07) is 6.17. The molecule has 0 spiro atoms. The van der Waals surface area contributed by atoms with Gasteiger partial charge in [0.1, 0.15) is 0 Å². The fourth-order valence-corrected chi connectivity index (χ4v) is 1.58. The molecule has 1 aromatic carbocycles. The van der Waals surface area contributed by atoms with Crippen molar-refractivity contribution in [2.24, 2.45) is 0 Å². The maximum atomic E-state index is 11.1. The Morgan fingerprint density at radius 1 is 1.25 bits per heavy atom. The van der Waals surface area contributed by atoms with Crippen LogP contribution in [0.4, 0.5) is 0 Å². The van der Waals surface area contributed by atoms with E-state index in [4.69, 9.17) is 6.42 Å². The topological polar surface area (TPSA) is 34.1 Å². The van der Waals surface area contributed by atoms with Gasteiger partial charge in [-0.25, -0.2) is 8.42 Å². The average molecular weight is 245 g/mol. The summed E-state index contributed by atoms with van der Waals surface area (Å²) in [6.07, 6.45) is 4.83. The Morgan fingerprint density at radius 2 is 1.75 bits per heavy atom. The van der Waals surface area contributed by atoms with Gasteiger partial charge in [-0.3, -0.25) is 0 Å². The van der Waals surface area contributed by atoms with Crippen LogP contribution in [0.25, 0.3) is 0 Å². The fraction of sp³-hybridized carbons (Fsp3) is 0. The lowest BCUT2D eigenvalue weighted by Crippen LogP contribution is -1.95. The number of benzene rings is 1. The highest BCUT2D eigenvalue weighted by Gasteiger charge is 2.08. The molecule has 0 aromatic heterocycles. The molecule has 12 heavy (non-hydrogen) atoms. The Bertz CT molecular complexity index is 411. The minimum Gasteiger partial charge on any atom is -0.210 e. The largest absolute Gasteiger partial charge is 0.244 e. The van der Waals surface area contributed by atoms with Gasteiger partial charge in [0.15, 0.2) is 0 Å². The van der Waals surface area contributed by atoms with Crippen molar-refractivity contribution in [3.63, 3.8) is 0 Å². The third-order valence-corrected chi connectivity index (χ3v) is 3.01. The van der Waals surface area contributed by atoms with E-state index in [2.05, 4.69) is 15.9 Å². The molecule has 62 valence electrons. The van der Waals surface area contributed by atoms with Crippen molar-refractivity contribution >= 4 is 25.8 Å². The highest BCUT2D eigenvalue weighted by molar-refractivity contribution is 9.10. The van der Waals surface area contributed by atoms with Crippen LogP contribution < -0.4 is 0 Å². The summed E-state index contributed by atoms with van der Waals surface area (Å²) in [5.41, 5.74) is 0. The maximum absolute atomic E-state index is 11.1. The summed E-state index contributed by atoms with van der Waals surface area (Å²) in [6.45, 7) is 0. The van der Waals surface area contributed by atoms with Crippen molar-refractivity contribution in [1.82, 2.24) is 0 Å². The smallest absolute Gasteiger partial charge is 0.210 e. The first-order valence-corrected chi connectivity index (χ1v) is 5.32. The standard InChI is InChI=1S/C8H5BrO2S/c1-2-12(10,11)8-5-3-7(9)4-6-8/h1,3-6H. The number of sulfone groups is 1. The van der Waals surface area contributed by atoms with E-state index in [0.29, 0.717) is 0 Å². The van der Waals surface area contributed by atoms with E-state index in [0.717, 1.165) is 4.47 Å². The van der Waals surface area contributed by atoms with E-state index in [1.807, 2.05) is 0 Å². The Labute approximate surface area is 79.7 Å². The molecule has 0 saturated carbocycles. The van der Waals surface area contributed by atoms with E-state index < -0.39 is 9.84 Å². The summed E-state index contributed by atoms with van der Waals surface area (Å²) < 4.78 is 22.9. The molecule has 2 nitrogen and oxygen atoms in total. The molecule has 0 aliphatic rings. The summed E-state index contributed by atoms with van der Waals surface area (Å²) in [4.78, 5) is 0.146. The molecule has 0 aliphatic carbocycles. The van der Waals surface area contributed by atoms with E-state index in [9.17, 15) is 8.42 Å². The molecule has 0 fully saturated rings. The zero-order chi connectivity index (χ0) is 9.19. The first-order valence-electron chi connectivity index (χ1n) is 3.04.